The van der Waals surface area contributed by atoms with Crippen LogP contribution in [-0.4, -0.2) is 31.5 Å². The highest BCUT2D eigenvalue weighted by atomic mass is 16.5. The van der Waals surface area contributed by atoms with Crippen LogP contribution in [0.5, 0.6) is 5.75 Å². The van der Waals surface area contributed by atoms with Gasteiger partial charge >= 0.3 is 5.97 Å². The van der Waals surface area contributed by atoms with Crippen LogP contribution in [0.1, 0.15) is 50.7 Å². The number of esters is 1. The molecule has 2 aromatic carbocycles. The molecule has 30 heavy (non-hydrogen) atoms. The number of amides is 1. The Morgan fingerprint density at radius 1 is 1.10 bits per heavy atom. The average Bonchev–Trinajstić information content (AvgIpc) is 2.75. The Morgan fingerprint density at radius 3 is 2.53 bits per heavy atom. The van der Waals surface area contributed by atoms with Gasteiger partial charge in [-0.25, -0.2) is 0 Å². The summed E-state index contributed by atoms with van der Waals surface area (Å²) >= 11 is 0. The summed E-state index contributed by atoms with van der Waals surface area (Å²) in [5, 5.41) is 2.96. The number of nitrogens with zero attached hydrogens (tertiary/aromatic N) is 1. The van der Waals surface area contributed by atoms with E-state index < -0.39 is 0 Å². The fourth-order valence-corrected chi connectivity index (χ4v) is 4.11. The third-order valence-corrected chi connectivity index (χ3v) is 5.99. The molecule has 0 bridgehead atoms. The molecule has 3 rings (SSSR count). The fourth-order valence-electron chi connectivity index (χ4n) is 4.11. The molecule has 0 aromatic heterocycles. The molecule has 1 N–H and O–H groups in total. The molecule has 1 amide bonds. The number of ether oxygens (including phenoxy) is 1. The average molecular weight is 409 g/mol. The molecule has 0 saturated heterocycles. The van der Waals surface area contributed by atoms with Gasteiger partial charge in [0, 0.05) is 37.8 Å². The lowest BCUT2D eigenvalue weighted by molar-refractivity contribution is -0.141. The summed E-state index contributed by atoms with van der Waals surface area (Å²) in [4.78, 5) is 27.1. The molecule has 160 valence electrons. The SMILES string of the molecule is CCN(CC)c1ccc2c(c1)OC(=O)C(CCC(=O)NCCc1ccccc1)C2C. The molecule has 0 saturated carbocycles. The first-order valence-corrected chi connectivity index (χ1v) is 10.9. The Bertz CT molecular complexity index is 862. The van der Waals surface area contributed by atoms with Crippen LogP contribution in [0.25, 0.3) is 0 Å². The zero-order valence-corrected chi connectivity index (χ0v) is 18.2. The van der Waals surface area contributed by atoms with Gasteiger partial charge in [-0.2, -0.15) is 0 Å². The molecule has 0 radical (unpaired) electrons. The number of carbonyl (C=O) groups excluding carboxylic acids is 2. The molecular formula is C25H32N2O3. The lowest BCUT2D eigenvalue weighted by Crippen LogP contribution is -2.33. The van der Waals surface area contributed by atoms with Crippen LogP contribution in [0.2, 0.25) is 0 Å². The smallest absolute Gasteiger partial charge is 0.314 e. The fraction of sp³-hybridized carbons (Fsp3) is 0.440. The molecule has 5 heteroatoms. The van der Waals surface area contributed by atoms with Crippen molar-refractivity contribution in [2.24, 2.45) is 5.92 Å². The lowest BCUT2D eigenvalue weighted by Gasteiger charge is -2.31. The van der Waals surface area contributed by atoms with Gasteiger partial charge < -0.3 is 15.0 Å². The summed E-state index contributed by atoms with van der Waals surface area (Å²) in [5.74, 6) is 0.138. The summed E-state index contributed by atoms with van der Waals surface area (Å²) in [7, 11) is 0. The van der Waals surface area contributed by atoms with Gasteiger partial charge in [0.1, 0.15) is 5.75 Å². The largest absolute Gasteiger partial charge is 0.426 e. The molecule has 1 aliphatic heterocycles. The zero-order valence-electron chi connectivity index (χ0n) is 18.2. The van der Waals surface area contributed by atoms with Crippen molar-refractivity contribution in [1.82, 2.24) is 5.32 Å². The zero-order chi connectivity index (χ0) is 21.5. The maximum absolute atomic E-state index is 12.6. The summed E-state index contributed by atoms with van der Waals surface area (Å²) in [5.41, 5.74) is 3.30. The number of carbonyl (C=O) groups is 2. The molecule has 0 aliphatic carbocycles. The first-order valence-electron chi connectivity index (χ1n) is 10.9. The van der Waals surface area contributed by atoms with E-state index in [1.54, 1.807) is 0 Å². The Morgan fingerprint density at radius 2 is 1.83 bits per heavy atom. The van der Waals surface area contributed by atoms with Gasteiger partial charge in [-0.1, -0.05) is 43.3 Å². The second-order valence-electron chi connectivity index (χ2n) is 7.83. The summed E-state index contributed by atoms with van der Waals surface area (Å²) in [6.45, 7) is 8.68. The van der Waals surface area contributed by atoms with Crippen molar-refractivity contribution in [2.45, 2.75) is 46.0 Å². The number of nitrogens with one attached hydrogen (secondary N) is 1. The van der Waals surface area contributed by atoms with Crippen LogP contribution < -0.4 is 15.0 Å². The maximum Gasteiger partial charge on any atom is 0.314 e. The summed E-state index contributed by atoms with van der Waals surface area (Å²) in [6, 6.07) is 16.2. The first-order chi connectivity index (χ1) is 14.5. The first kappa shape index (κ1) is 21.9. The Balaban J connectivity index is 1.55. The Kier molecular flexibility index (Phi) is 7.50. The van der Waals surface area contributed by atoms with E-state index in [0.29, 0.717) is 25.1 Å². The van der Waals surface area contributed by atoms with Gasteiger partial charge in [-0.05, 0) is 49.8 Å². The van der Waals surface area contributed by atoms with Crippen LogP contribution >= 0.6 is 0 Å². The maximum atomic E-state index is 12.6. The van der Waals surface area contributed by atoms with Crippen molar-refractivity contribution in [1.29, 1.82) is 0 Å². The molecule has 0 fully saturated rings. The van der Waals surface area contributed by atoms with Crippen molar-refractivity contribution >= 4 is 17.6 Å². The highest BCUT2D eigenvalue weighted by Gasteiger charge is 2.35. The van der Waals surface area contributed by atoms with Gasteiger partial charge in [-0.3, -0.25) is 9.59 Å². The molecule has 1 heterocycles. The number of hydrogen-bond acceptors (Lipinski definition) is 4. The van der Waals surface area contributed by atoms with E-state index in [-0.39, 0.29) is 23.7 Å². The highest BCUT2D eigenvalue weighted by Crippen LogP contribution is 2.41. The predicted molar refractivity (Wildman–Crippen MR) is 120 cm³/mol. The van der Waals surface area contributed by atoms with E-state index in [1.807, 2.05) is 31.2 Å². The normalized spacial score (nSPS) is 17.8. The molecule has 2 aromatic rings. The predicted octanol–water partition coefficient (Wildman–Crippen LogP) is 4.31. The van der Waals surface area contributed by atoms with Gasteiger partial charge in [0.25, 0.3) is 0 Å². The minimum Gasteiger partial charge on any atom is -0.426 e. The van der Waals surface area contributed by atoms with E-state index in [1.165, 1.54) is 5.56 Å². The standard InChI is InChI=1S/C25H32N2O3/c1-4-27(5-2)20-11-12-21-18(3)22(25(29)30-23(21)17-20)13-14-24(28)26-16-15-19-9-7-6-8-10-19/h6-12,17-18,22H,4-5,13-16H2,1-3H3,(H,26,28). The van der Waals surface area contributed by atoms with Crippen molar-refractivity contribution < 1.29 is 14.3 Å². The summed E-state index contributed by atoms with van der Waals surface area (Å²) in [6.07, 6.45) is 1.62. The van der Waals surface area contributed by atoms with Gasteiger partial charge in [0.15, 0.2) is 0 Å². The molecule has 0 spiro atoms. The van der Waals surface area contributed by atoms with Crippen molar-refractivity contribution in [3.05, 3.63) is 59.7 Å². The lowest BCUT2D eigenvalue weighted by atomic mass is 9.82. The highest BCUT2D eigenvalue weighted by molar-refractivity contribution is 5.81. The van der Waals surface area contributed by atoms with E-state index in [0.717, 1.165) is 30.8 Å². The third-order valence-electron chi connectivity index (χ3n) is 5.99. The van der Waals surface area contributed by atoms with Crippen LogP contribution in [0.15, 0.2) is 48.5 Å². The number of fused-ring (bicyclic) bond motifs is 1. The molecular weight excluding hydrogens is 376 g/mol. The number of rotatable bonds is 9. The Labute approximate surface area is 179 Å². The topological polar surface area (TPSA) is 58.6 Å². The summed E-state index contributed by atoms with van der Waals surface area (Å²) < 4.78 is 5.67. The van der Waals surface area contributed by atoms with E-state index in [9.17, 15) is 9.59 Å². The van der Waals surface area contributed by atoms with Crippen molar-refractivity contribution in [2.75, 3.05) is 24.5 Å². The second kappa shape index (κ2) is 10.3. The van der Waals surface area contributed by atoms with E-state index in [4.69, 9.17) is 4.74 Å². The van der Waals surface area contributed by atoms with Crippen LogP contribution in [0.4, 0.5) is 5.69 Å². The van der Waals surface area contributed by atoms with Gasteiger partial charge in [0.2, 0.25) is 5.91 Å². The van der Waals surface area contributed by atoms with Gasteiger partial charge in [-0.15, -0.1) is 0 Å². The Hall–Kier alpha value is -2.82. The molecule has 5 nitrogen and oxygen atoms in total. The van der Waals surface area contributed by atoms with Crippen LogP contribution in [-0.2, 0) is 16.0 Å². The molecule has 2 atom stereocenters. The third kappa shape index (κ3) is 5.21. The van der Waals surface area contributed by atoms with Crippen LogP contribution in [0.3, 0.4) is 0 Å². The second-order valence-corrected chi connectivity index (χ2v) is 7.83. The van der Waals surface area contributed by atoms with E-state index >= 15 is 0 Å². The minimum absolute atomic E-state index is 0.0198. The number of benzene rings is 2. The minimum atomic E-state index is -0.295. The van der Waals surface area contributed by atoms with Crippen molar-refractivity contribution in [3.8, 4) is 5.75 Å². The quantitative estimate of drug-likeness (QED) is 0.496. The molecule has 1 aliphatic rings. The number of hydrogen-bond donors (Lipinski definition) is 1. The van der Waals surface area contributed by atoms with Crippen molar-refractivity contribution in [3.63, 3.8) is 0 Å². The number of anilines is 1. The molecule has 2 unspecified atom stereocenters. The van der Waals surface area contributed by atoms with Crippen LogP contribution in [0, 0.1) is 5.92 Å². The van der Waals surface area contributed by atoms with Gasteiger partial charge in [0.05, 0.1) is 5.92 Å². The monoisotopic (exact) mass is 408 g/mol. The van der Waals surface area contributed by atoms with E-state index in [2.05, 4.69) is 48.3 Å².